The first-order valence-corrected chi connectivity index (χ1v) is 10.2. The van der Waals surface area contributed by atoms with Crippen LogP contribution in [0.1, 0.15) is 16.7 Å². The minimum Gasteiger partial charge on any atom is -0.484 e. The number of ether oxygens (including phenoxy) is 1. The lowest BCUT2D eigenvalue weighted by atomic mass is 10.1. The quantitative estimate of drug-likeness (QED) is 0.609. The molecule has 1 aromatic heterocycles. The highest BCUT2D eigenvalue weighted by atomic mass is 16.5. The van der Waals surface area contributed by atoms with Gasteiger partial charge >= 0.3 is 5.63 Å². The third-order valence-electron chi connectivity index (χ3n) is 5.76. The van der Waals surface area contributed by atoms with E-state index in [1.165, 1.54) is 5.56 Å². The summed E-state index contributed by atoms with van der Waals surface area (Å²) in [6.45, 7) is 7.61. The van der Waals surface area contributed by atoms with Crippen molar-refractivity contribution in [2.45, 2.75) is 20.4 Å². The number of nitrogens with zero attached hydrogens (tertiary/aromatic N) is 2. The molecular weight excluding hydrogens is 380 g/mol. The fourth-order valence-electron chi connectivity index (χ4n) is 3.75. The SMILES string of the molecule is Cc1c(C)c2ccc(OCC(=O)N3CCN(Cc4ccccc4)CC3)cc2oc1=O. The van der Waals surface area contributed by atoms with Gasteiger partial charge in [-0.05, 0) is 37.1 Å². The first kappa shape index (κ1) is 20.2. The highest BCUT2D eigenvalue weighted by molar-refractivity contribution is 5.82. The molecule has 4 rings (SSSR count). The van der Waals surface area contributed by atoms with Gasteiger partial charge in [-0.25, -0.2) is 4.79 Å². The fraction of sp³-hybridized carbons (Fsp3) is 0.333. The number of hydrogen-bond acceptors (Lipinski definition) is 5. The second-order valence-corrected chi connectivity index (χ2v) is 7.73. The normalized spacial score (nSPS) is 14.8. The predicted molar refractivity (Wildman–Crippen MR) is 116 cm³/mol. The van der Waals surface area contributed by atoms with Crippen LogP contribution in [0.4, 0.5) is 0 Å². The molecule has 0 N–H and O–H groups in total. The van der Waals surface area contributed by atoms with Gasteiger partial charge in [-0.3, -0.25) is 9.69 Å². The summed E-state index contributed by atoms with van der Waals surface area (Å²) in [5.41, 5.74) is 2.92. The Morgan fingerprint density at radius 3 is 2.47 bits per heavy atom. The summed E-state index contributed by atoms with van der Waals surface area (Å²) < 4.78 is 11.1. The van der Waals surface area contributed by atoms with Gasteiger partial charge in [0.25, 0.3) is 5.91 Å². The standard InChI is InChI=1S/C24H26N2O4/c1-17-18(2)24(28)30-22-14-20(8-9-21(17)22)29-16-23(27)26-12-10-25(11-13-26)15-19-6-4-3-5-7-19/h3-9,14H,10-13,15-16H2,1-2H3. The van der Waals surface area contributed by atoms with Crippen molar-refractivity contribution in [3.63, 3.8) is 0 Å². The lowest BCUT2D eigenvalue weighted by molar-refractivity contribution is -0.135. The Morgan fingerprint density at radius 2 is 1.73 bits per heavy atom. The summed E-state index contributed by atoms with van der Waals surface area (Å²) in [6, 6.07) is 15.7. The largest absolute Gasteiger partial charge is 0.484 e. The van der Waals surface area contributed by atoms with E-state index in [-0.39, 0.29) is 18.1 Å². The Kier molecular flexibility index (Phi) is 5.86. The molecule has 0 bridgehead atoms. The van der Waals surface area contributed by atoms with Gasteiger partial charge < -0.3 is 14.1 Å². The molecule has 30 heavy (non-hydrogen) atoms. The average Bonchev–Trinajstić information content (AvgIpc) is 2.77. The van der Waals surface area contributed by atoms with E-state index in [2.05, 4.69) is 17.0 Å². The molecule has 0 unspecified atom stereocenters. The zero-order valence-corrected chi connectivity index (χ0v) is 17.4. The van der Waals surface area contributed by atoms with Crippen molar-refractivity contribution < 1.29 is 13.9 Å². The fourth-order valence-corrected chi connectivity index (χ4v) is 3.75. The number of carbonyl (C=O) groups excluding carboxylic acids is 1. The predicted octanol–water partition coefficient (Wildman–Crippen LogP) is 3.13. The number of piperazine rings is 1. The molecular formula is C24H26N2O4. The third-order valence-corrected chi connectivity index (χ3v) is 5.76. The number of carbonyl (C=O) groups is 1. The van der Waals surface area contributed by atoms with Crippen molar-refractivity contribution in [3.05, 3.63) is 75.6 Å². The molecule has 1 amide bonds. The molecule has 1 saturated heterocycles. The van der Waals surface area contributed by atoms with Crippen molar-refractivity contribution in [3.8, 4) is 5.75 Å². The smallest absolute Gasteiger partial charge is 0.339 e. The molecule has 0 spiro atoms. The average molecular weight is 406 g/mol. The van der Waals surface area contributed by atoms with Crippen LogP contribution in [0, 0.1) is 13.8 Å². The molecule has 6 heteroatoms. The maximum absolute atomic E-state index is 12.6. The summed E-state index contributed by atoms with van der Waals surface area (Å²) in [6.07, 6.45) is 0. The molecule has 1 fully saturated rings. The zero-order chi connectivity index (χ0) is 21.1. The molecule has 0 atom stereocenters. The van der Waals surface area contributed by atoms with E-state index >= 15 is 0 Å². The summed E-state index contributed by atoms with van der Waals surface area (Å²) in [4.78, 5) is 28.7. The monoisotopic (exact) mass is 406 g/mol. The van der Waals surface area contributed by atoms with Crippen LogP contribution in [0.15, 0.2) is 57.7 Å². The van der Waals surface area contributed by atoms with E-state index < -0.39 is 0 Å². The maximum atomic E-state index is 12.6. The minimum atomic E-state index is -0.346. The molecule has 1 aliphatic heterocycles. The second-order valence-electron chi connectivity index (χ2n) is 7.73. The molecule has 2 aromatic carbocycles. The molecule has 156 valence electrons. The zero-order valence-electron chi connectivity index (χ0n) is 17.4. The lowest BCUT2D eigenvalue weighted by Gasteiger charge is -2.34. The van der Waals surface area contributed by atoms with E-state index in [4.69, 9.17) is 9.15 Å². The van der Waals surface area contributed by atoms with Gasteiger partial charge in [0.2, 0.25) is 0 Å². The van der Waals surface area contributed by atoms with E-state index in [1.807, 2.05) is 36.1 Å². The summed E-state index contributed by atoms with van der Waals surface area (Å²) in [7, 11) is 0. The third kappa shape index (κ3) is 4.39. The van der Waals surface area contributed by atoms with Crippen LogP contribution in [-0.4, -0.2) is 48.5 Å². The molecule has 6 nitrogen and oxygen atoms in total. The van der Waals surface area contributed by atoms with Gasteiger partial charge in [-0.2, -0.15) is 0 Å². The number of aryl methyl sites for hydroxylation is 1. The maximum Gasteiger partial charge on any atom is 0.339 e. The lowest BCUT2D eigenvalue weighted by Crippen LogP contribution is -2.49. The summed E-state index contributed by atoms with van der Waals surface area (Å²) >= 11 is 0. The van der Waals surface area contributed by atoms with Gasteiger partial charge in [-0.15, -0.1) is 0 Å². The van der Waals surface area contributed by atoms with Gasteiger partial charge in [0.05, 0.1) is 0 Å². The Morgan fingerprint density at radius 1 is 1.00 bits per heavy atom. The molecule has 0 saturated carbocycles. The van der Waals surface area contributed by atoms with Crippen molar-refractivity contribution in [2.75, 3.05) is 32.8 Å². The van der Waals surface area contributed by atoms with Crippen LogP contribution in [0.5, 0.6) is 5.75 Å². The summed E-state index contributed by atoms with van der Waals surface area (Å²) in [5.74, 6) is 0.487. The Labute approximate surface area is 175 Å². The summed E-state index contributed by atoms with van der Waals surface area (Å²) in [5, 5.41) is 0.875. The first-order chi connectivity index (χ1) is 14.5. The highest BCUT2D eigenvalue weighted by Crippen LogP contribution is 2.24. The highest BCUT2D eigenvalue weighted by Gasteiger charge is 2.21. The van der Waals surface area contributed by atoms with E-state index in [0.29, 0.717) is 30.0 Å². The number of benzene rings is 2. The Bertz CT molecular complexity index is 1100. The van der Waals surface area contributed by atoms with Crippen LogP contribution >= 0.6 is 0 Å². The van der Waals surface area contributed by atoms with Crippen LogP contribution in [-0.2, 0) is 11.3 Å². The van der Waals surface area contributed by atoms with Crippen LogP contribution in [0.25, 0.3) is 11.0 Å². The number of hydrogen-bond donors (Lipinski definition) is 0. The topological polar surface area (TPSA) is 63.0 Å². The molecule has 3 aromatic rings. The van der Waals surface area contributed by atoms with Crippen LogP contribution < -0.4 is 10.4 Å². The van der Waals surface area contributed by atoms with E-state index in [1.54, 1.807) is 19.1 Å². The molecule has 0 aliphatic carbocycles. The van der Waals surface area contributed by atoms with Gasteiger partial charge in [0.1, 0.15) is 11.3 Å². The molecule has 2 heterocycles. The van der Waals surface area contributed by atoms with Gasteiger partial charge in [0.15, 0.2) is 6.61 Å². The van der Waals surface area contributed by atoms with Crippen molar-refractivity contribution >= 4 is 16.9 Å². The van der Waals surface area contributed by atoms with Gasteiger partial charge in [-0.1, -0.05) is 30.3 Å². The number of fused-ring (bicyclic) bond motifs is 1. The van der Waals surface area contributed by atoms with Crippen molar-refractivity contribution in [1.82, 2.24) is 9.80 Å². The Balaban J connectivity index is 1.32. The second kappa shape index (κ2) is 8.71. The van der Waals surface area contributed by atoms with Crippen molar-refractivity contribution in [1.29, 1.82) is 0 Å². The Hall–Kier alpha value is -3.12. The van der Waals surface area contributed by atoms with E-state index in [9.17, 15) is 9.59 Å². The number of amides is 1. The van der Waals surface area contributed by atoms with Crippen LogP contribution in [0.2, 0.25) is 0 Å². The first-order valence-electron chi connectivity index (χ1n) is 10.2. The van der Waals surface area contributed by atoms with Crippen LogP contribution in [0.3, 0.4) is 0 Å². The van der Waals surface area contributed by atoms with E-state index in [0.717, 1.165) is 30.6 Å². The molecule has 1 aliphatic rings. The number of rotatable bonds is 5. The van der Waals surface area contributed by atoms with Crippen molar-refractivity contribution in [2.24, 2.45) is 0 Å². The minimum absolute atomic E-state index is 0.0285. The molecule has 0 radical (unpaired) electrons. The van der Waals surface area contributed by atoms with Gasteiger partial charge in [0, 0.05) is 49.7 Å².